The molecule has 1 rings (SSSR count). The maximum atomic E-state index is 5.42. The van der Waals surface area contributed by atoms with Gasteiger partial charge in [0.15, 0.2) is 0 Å². The quantitative estimate of drug-likeness (QED) is 0.637. The van der Waals surface area contributed by atoms with Crippen molar-refractivity contribution < 1.29 is 0 Å². The molecule has 0 radical (unpaired) electrons. The average Bonchev–Trinajstić information content (AvgIpc) is 2.14. The van der Waals surface area contributed by atoms with Gasteiger partial charge >= 0.3 is 0 Å². The summed E-state index contributed by atoms with van der Waals surface area (Å²) in [5, 5.41) is 3.59. The van der Waals surface area contributed by atoms with Crippen molar-refractivity contribution in [2.75, 3.05) is 24.6 Å². The zero-order chi connectivity index (χ0) is 8.65. The Kier molecular flexibility index (Phi) is 5.82. The Bertz CT molecular complexity index is 103. The Hall–Kier alpha value is 0.270. The van der Waals surface area contributed by atoms with Gasteiger partial charge in [-0.2, -0.15) is 11.8 Å². The average molecular weight is 188 g/mol. The summed E-state index contributed by atoms with van der Waals surface area (Å²) < 4.78 is 0. The van der Waals surface area contributed by atoms with Crippen LogP contribution in [0.4, 0.5) is 0 Å². The lowest BCUT2D eigenvalue weighted by atomic mass is 10.1. The number of hydrogen-bond acceptors (Lipinski definition) is 3. The topological polar surface area (TPSA) is 38.0 Å². The second kappa shape index (κ2) is 6.75. The molecule has 12 heavy (non-hydrogen) atoms. The van der Waals surface area contributed by atoms with E-state index in [1.54, 1.807) is 0 Å². The second-order valence-corrected chi connectivity index (χ2v) is 4.56. The molecule has 0 aromatic carbocycles. The number of unbranched alkanes of at least 4 members (excludes halogenated alkanes) is 1. The molecule has 1 aliphatic heterocycles. The van der Waals surface area contributed by atoms with Gasteiger partial charge < -0.3 is 11.1 Å². The molecule has 72 valence electrons. The first-order chi connectivity index (χ1) is 5.93. The summed E-state index contributed by atoms with van der Waals surface area (Å²) in [6.45, 7) is 1.99. The monoisotopic (exact) mass is 188 g/mol. The van der Waals surface area contributed by atoms with Crippen LogP contribution in [0.1, 0.15) is 25.7 Å². The molecule has 0 aromatic heterocycles. The van der Waals surface area contributed by atoms with Gasteiger partial charge in [0.1, 0.15) is 0 Å². The first-order valence-electron chi connectivity index (χ1n) is 4.94. The first kappa shape index (κ1) is 10.4. The van der Waals surface area contributed by atoms with Crippen LogP contribution in [0.3, 0.4) is 0 Å². The fraction of sp³-hybridized carbons (Fsp3) is 1.00. The van der Waals surface area contributed by atoms with E-state index in [2.05, 4.69) is 17.1 Å². The molecule has 0 unspecified atom stereocenters. The molecule has 3 heteroatoms. The van der Waals surface area contributed by atoms with Crippen molar-refractivity contribution in [3.05, 3.63) is 0 Å². The van der Waals surface area contributed by atoms with Crippen molar-refractivity contribution in [1.29, 1.82) is 0 Å². The van der Waals surface area contributed by atoms with Crippen molar-refractivity contribution in [3.8, 4) is 0 Å². The number of rotatable bonds is 5. The molecule has 1 aliphatic rings. The van der Waals surface area contributed by atoms with Crippen LogP contribution in [0.25, 0.3) is 0 Å². The van der Waals surface area contributed by atoms with Gasteiger partial charge in [0.2, 0.25) is 0 Å². The SMILES string of the molecule is NCCCCNC1CCSCC1. The zero-order valence-electron chi connectivity index (χ0n) is 7.72. The van der Waals surface area contributed by atoms with Gasteiger partial charge in [0.25, 0.3) is 0 Å². The van der Waals surface area contributed by atoms with Crippen molar-refractivity contribution in [1.82, 2.24) is 5.32 Å². The summed E-state index contributed by atoms with van der Waals surface area (Å²) in [6.07, 6.45) is 5.11. The highest BCUT2D eigenvalue weighted by atomic mass is 32.2. The third-order valence-electron chi connectivity index (χ3n) is 2.29. The van der Waals surface area contributed by atoms with Gasteiger partial charge in [0, 0.05) is 6.04 Å². The zero-order valence-corrected chi connectivity index (χ0v) is 8.54. The maximum Gasteiger partial charge on any atom is 0.00827 e. The van der Waals surface area contributed by atoms with E-state index in [4.69, 9.17) is 5.73 Å². The lowest BCUT2D eigenvalue weighted by Crippen LogP contribution is -2.33. The fourth-order valence-electron chi connectivity index (χ4n) is 1.48. The van der Waals surface area contributed by atoms with E-state index >= 15 is 0 Å². The molecule has 0 aliphatic carbocycles. The van der Waals surface area contributed by atoms with Crippen molar-refractivity contribution in [3.63, 3.8) is 0 Å². The molecule has 2 nitrogen and oxygen atoms in total. The highest BCUT2D eigenvalue weighted by Gasteiger charge is 2.11. The lowest BCUT2D eigenvalue weighted by Gasteiger charge is -2.22. The Morgan fingerprint density at radius 2 is 2.00 bits per heavy atom. The summed E-state index contributed by atoms with van der Waals surface area (Å²) in [5.74, 6) is 2.68. The minimum atomic E-state index is 0.795. The van der Waals surface area contributed by atoms with Gasteiger partial charge in [-0.05, 0) is 50.3 Å². The molecular weight excluding hydrogens is 168 g/mol. The number of nitrogens with two attached hydrogens (primary N) is 1. The Labute approximate surface area is 79.7 Å². The minimum absolute atomic E-state index is 0.795. The summed E-state index contributed by atoms with van der Waals surface area (Å²) in [6, 6.07) is 0.795. The highest BCUT2D eigenvalue weighted by Crippen LogP contribution is 2.16. The normalized spacial score (nSPS) is 19.8. The van der Waals surface area contributed by atoms with Gasteiger partial charge in [-0.15, -0.1) is 0 Å². The fourth-order valence-corrected chi connectivity index (χ4v) is 2.58. The number of hydrogen-bond donors (Lipinski definition) is 2. The minimum Gasteiger partial charge on any atom is -0.330 e. The van der Waals surface area contributed by atoms with Crippen LogP contribution in [-0.4, -0.2) is 30.6 Å². The largest absolute Gasteiger partial charge is 0.330 e. The van der Waals surface area contributed by atoms with Crippen LogP contribution in [0, 0.1) is 0 Å². The van der Waals surface area contributed by atoms with Gasteiger partial charge in [-0.3, -0.25) is 0 Å². The van der Waals surface area contributed by atoms with Crippen LogP contribution in [0.5, 0.6) is 0 Å². The Morgan fingerprint density at radius 3 is 2.67 bits per heavy atom. The summed E-state index contributed by atoms with van der Waals surface area (Å²) in [4.78, 5) is 0. The third kappa shape index (κ3) is 4.33. The second-order valence-electron chi connectivity index (χ2n) is 3.34. The van der Waals surface area contributed by atoms with Crippen molar-refractivity contribution in [2.45, 2.75) is 31.7 Å². The van der Waals surface area contributed by atoms with Crippen LogP contribution < -0.4 is 11.1 Å². The Morgan fingerprint density at radius 1 is 1.25 bits per heavy atom. The number of nitrogens with one attached hydrogen (secondary N) is 1. The van der Waals surface area contributed by atoms with Gasteiger partial charge in [-0.25, -0.2) is 0 Å². The van der Waals surface area contributed by atoms with Gasteiger partial charge in [-0.1, -0.05) is 0 Å². The molecule has 1 heterocycles. The van der Waals surface area contributed by atoms with Crippen LogP contribution in [0.2, 0.25) is 0 Å². The van der Waals surface area contributed by atoms with E-state index in [1.807, 2.05) is 0 Å². The Balaban J connectivity index is 1.91. The van der Waals surface area contributed by atoms with Crippen LogP contribution in [0.15, 0.2) is 0 Å². The maximum absolute atomic E-state index is 5.42. The van der Waals surface area contributed by atoms with E-state index in [0.717, 1.165) is 25.6 Å². The molecule has 0 amide bonds. The smallest absolute Gasteiger partial charge is 0.00827 e. The predicted molar refractivity (Wildman–Crippen MR) is 56.6 cm³/mol. The molecule has 0 spiro atoms. The number of thioether (sulfide) groups is 1. The predicted octanol–water partition coefficient (Wildman–Crippen LogP) is 1.21. The molecule has 0 atom stereocenters. The lowest BCUT2D eigenvalue weighted by molar-refractivity contribution is 0.473. The van der Waals surface area contributed by atoms with Crippen molar-refractivity contribution in [2.24, 2.45) is 5.73 Å². The first-order valence-corrected chi connectivity index (χ1v) is 6.10. The molecule has 1 fully saturated rings. The molecule has 3 N–H and O–H groups in total. The van der Waals surface area contributed by atoms with Gasteiger partial charge in [0.05, 0.1) is 0 Å². The van der Waals surface area contributed by atoms with E-state index < -0.39 is 0 Å². The highest BCUT2D eigenvalue weighted by molar-refractivity contribution is 7.99. The molecule has 0 aromatic rings. The van der Waals surface area contributed by atoms with E-state index in [-0.39, 0.29) is 0 Å². The van der Waals surface area contributed by atoms with Crippen molar-refractivity contribution >= 4 is 11.8 Å². The van der Waals surface area contributed by atoms with E-state index in [0.29, 0.717) is 0 Å². The van der Waals surface area contributed by atoms with E-state index in [9.17, 15) is 0 Å². The molecular formula is C9H20N2S. The van der Waals surface area contributed by atoms with E-state index in [1.165, 1.54) is 30.8 Å². The molecule has 1 saturated heterocycles. The van der Waals surface area contributed by atoms with Crippen LogP contribution in [-0.2, 0) is 0 Å². The third-order valence-corrected chi connectivity index (χ3v) is 3.33. The molecule has 0 bridgehead atoms. The summed E-state index contributed by atoms with van der Waals surface area (Å²) in [7, 11) is 0. The molecule has 0 saturated carbocycles. The summed E-state index contributed by atoms with van der Waals surface area (Å²) >= 11 is 2.08. The van der Waals surface area contributed by atoms with Crippen LogP contribution >= 0.6 is 11.8 Å². The summed E-state index contributed by atoms with van der Waals surface area (Å²) in [5.41, 5.74) is 5.42. The standard InChI is InChI=1S/C9H20N2S/c10-5-1-2-6-11-9-3-7-12-8-4-9/h9,11H,1-8,10H2.